The summed E-state index contributed by atoms with van der Waals surface area (Å²) < 4.78 is 0. The Morgan fingerprint density at radius 2 is 2.07 bits per heavy atom. The predicted octanol–water partition coefficient (Wildman–Crippen LogP) is 3.88. The van der Waals surface area contributed by atoms with E-state index < -0.39 is 0 Å². The molecule has 1 amide bonds. The first-order valence-electron chi connectivity index (χ1n) is 10.2. The van der Waals surface area contributed by atoms with Gasteiger partial charge in [0.25, 0.3) is 5.91 Å². The molecule has 1 aromatic carbocycles. The van der Waals surface area contributed by atoms with Gasteiger partial charge in [-0.1, -0.05) is 30.3 Å². The average molecular weight is 374 g/mol. The summed E-state index contributed by atoms with van der Waals surface area (Å²) in [5, 5.41) is 3.82. The minimum atomic E-state index is -0.0572. The van der Waals surface area contributed by atoms with Gasteiger partial charge < -0.3 is 15.2 Å². The standard InChI is InChI=1S/C23H26N4O/c1-2-27(21(28)20-14-19-18(26-20)10-6-13-24-19)23-12-7-11-22(23,16-23)25-15-17-8-4-3-5-9-17/h3-6,8-10,13-14,25-26H,2,7,11-12,15-16H2,1H3/t22-,23-/m0/s1. The van der Waals surface area contributed by atoms with Crippen molar-refractivity contribution in [1.82, 2.24) is 20.2 Å². The molecule has 2 aliphatic carbocycles. The molecule has 2 aromatic heterocycles. The van der Waals surface area contributed by atoms with E-state index >= 15 is 0 Å². The average Bonchev–Trinajstić information content (AvgIpc) is 3.04. The number of hydrogen-bond acceptors (Lipinski definition) is 3. The monoisotopic (exact) mass is 374 g/mol. The Kier molecular flexibility index (Phi) is 4.02. The molecule has 0 radical (unpaired) electrons. The number of likely N-dealkylation sites (N-methyl/N-ethyl adjacent to an activating group) is 1. The van der Waals surface area contributed by atoms with Crippen LogP contribution in [0.5, 0.6) is 0 Å². The van der Waals surface area contributed by atoms with Crippen LogP contribution >= 0.6 is 0 Å². The molecule has 5 rings (SSSR count). The van der Waals surface area contributed by atoms with Crippen molar-refractivity contribution in [2.24, 2.45) is 0 Å². The molecule has 2 fully saturated rings. The van der Waals surface area contributed by atoms with Crippen LogP contribution < -0.4 is 5.32 Å². The Morgan fingerprint density at radius 1 is 1.21 bits per heavy atom. The quantitative estimate of drug-likeness (QED) is 0.688. The molecule has 0 spiro atoms. The maximum Gasteiger partial charge on any atom is 0.270 e. The molecule has 28 heavy (non-hydrogen) atoms. The van der Waals surface area contributed by atoms with E-state index in [9.17, 15) is 4.79 Å². The molecule has 2 aliphatic rings. The van der Waals surface area contributed by atoms with Crippen molar-refractivity contribution < 1.29 is 4.79 Å². The van der Waals surface area contributed by atoms with E-state index in [1.54, 1.807) is 6.20 Å². The summed E-state index contributed by atoms with van der Waals surface area (Å²) in [6, 6.07) is 16.3. The Bertz CT molecular complexity index is 981. The maximum atomic E-state index is 13.4. The van der Waals surface area contributed by atoms with Crippen LogP contribution in [0.2, 0.25) is 0 Å². The highest BCUT2D eigenvalue weighted by atomic mass is 16.2. The van der Waals surface area contributed by atoms with E-state index in [0.29, 0.717) is 5.69 Å². The smallest absolute Gasteiger partial charge is 0.270 e. The number of aromatic nitrogens is 2. The summed E-state index contributed by atoms with van der Waals surface area (Å²) in [7, 11) is 0. The van der Waals surface area contributed by atoms with Crippen molar-refractivity contribution in [3.63, 3.8) is 0 Å². The molecule has 2 N–H and O–H groups in total. The number of benzene rings is 1. The second-order valence-electron chi connectivity index (χ2n) is 8.15. The van der Waals surface area contributed by atoms with Gasteiger partial charge in [-0.05, 0) is 56.4 Å². The Labute approximate surface area is 165 Å². The SMILES string of the molecule is CCN(C(=O)c1cc2ncccc2[nH]1)[C@]12CCC[C@]1(NCc1ccccc1)C2. The molecule has 0 unspecified atom stereocenters. The topological polar surface area (TPSA) is 61.0 Å². The van der Waals surface area contributed by atoms with Crippen molar-refractivity contribution in [3.8, 4) is 0 Å². The van der Waals surface area contributed by atoms with Crippen LogP contribution in [-0.2, 0) is 6.54 Å². The van der Waals surface area contributed by atoms with Gasteiger partial charge in [-0.15, -0.1) is 0 Å². The van der Waals surface area contributed by atoms with Gasteiger partial charge in [-0.2, -0.15) is 0 Å². The van der Waals surface area contributed by atoms with Crippen molar-refractivity contribution in [1.29, 1.82) is 0 Å². The first-order chi connectivity index (χ1) is 13.7. The number of H-pyrrole nitrogens is 1. The predicted molar refractivity (Wildman–Crippen MR) is 110 cm³/mol. The van der Waals surface area contributed by atoms with Gasteiger partial charge in [0, 0.05) is 24.8 Å². The molecule has 2 saturated carbocycles. The van der Waals surface area contributed by atoms with Gasteiger partial charge in [-0.25, -0.2) is 0 Å². The Morgan fingerprint density at radius 3 is 2.86 bits per heavy atom. The van der Waals surface area contributed by atoms with Crippen LogP contribution in [0.3, 0.4) is 0 Å². The number of hydrogen-bond donors (Lipinski definition) is 2. The third-order valence-corrected chi connectivity index (χ3v) is 6.73. The zero-order valence-electron chi connectivity index (χ0n) is 16.2. The molecule has 5 heteroatoms. The number of carbonyl (C=O) groups excluding carboxylic acids is 1. The molecule has 2 atom stereocenters. The minimum Gasteiger partial charge on any atom is -0.349 e. The van der Waals surface area contributed by atoms with Crippen LogP contribution in [0.25, 0.3) is 11.0 Å². The zero-order valence-corrected chi connectivity index (χ0v) is 16.2. The van der Waals surface area contributed by atoms with E-state index in [-0.39, 0.29) is 17.0 Å². The molecule has 0 bridgehead atoms. The summed E-state index contributed by atoms with van der Waals surface area (Å²) >= 11 is 0. The maximum absolute atomic E-state index is 13.4. The number of rotatable bonds is 6. The summed E-state index contributed by atoms with van der Waals surface area (Å²) in [4.78, 5) is 23.1. The number of pyridine rings is 1. The largest absolute Gasteiger partial charge is 0.349 e. The fourth-order valence-corrected chi connectivity index (χ4v) is 5.32. The number of amides is 1. The fraction of sp³-hybridized carbons (Fsp3) is 0.391. The lowest BCUT2D eigenvalue weighted by Gasteiger charge is -2.32. The Hall–Kier alpha value is -2.66. The molecule has 0 saturated heterocycles. The van der Waals surface area contributed by atoms with Gasteiger partial charge in [-0.3, -0.25) is 9.78 Å². The fourth-order valence-electron chi connectivity index (χ4n) is 5.32. The van der Waals surface area contributed by atoms with Crippen LogP contribution in [-0.4, -0.2) is 38.4 Å². The first kappa shape index (κ1) is 17.4. The van der Waals surface area contributed by atoms with Crippen molar-refractivity contribution in [2.45, 2.75) is 50.2 Å². The highest BCUT2D eigenvalue weighted by molar-refractivity contribution is 5.98. The van der Waals surface area contributed by atoms with Crippen molar-refractivity contribution in [2.75, 3.05) is 6.54 Å². The van der Waals surface area contributed by atoms with Gasteiger partial charge >= 0.3 is 0 Å². The molecule has 3 aromatic rings. The number of carbonyl (C=O) groups is 1. The number of aromatic amines is 1. The van der Waals surface area contributed by atoms with E-state index in [4.69, 9.17) is 0 Å². The van der Waals surface area contributed by atoms with Gasteiger partial charge in [0.2, 0.25) is 0 Å². The van der Waals surface area contributed by atoms with Gasteiger partial charge in [0.1, 0.15) is 5.69 Å². The van der Waals surface area contributed by atoms with E-state index in [2.05, 4.69) is 51.4 Å². The third-order valence-electron chi connectivity index (χ3n) is 6.73. The van der Waals surface area contributed by atoms with E-state index in [1.165, 1.54) is 12.0 Å². The third kappa shape index (κ3) is 2.57. The zero-order chi connectivity index (χ0) is 19.2. The van der Waals surface area contributed by atoms with Gasteiger partial charge in [0.05, 0.1) is 16.6 Å². The van der Waals surface area contributed by atoms with Crippen LogP contribution in [0, 0.1) is 0 Å². The molecular weight excluding hydrogens is 348 g/mol. The lowest BCUT2D eigenvalue weighted by atomic mass is 10.1. The number of nitrogens with one attached hydrogen (secondary N) is 2. The van der Waals surface area contributed by atoms with Crippen LogP contribution in [0.15, 0.2) is 54.7 Å². The van der Waals surface area contributed by atoms with E-state index in [1.807, 2.05) is 24.3 Å². The molecule has 2 heterocycles. The first-order valence-corrected chi connectivity index (χ1v) is 10.2. The van der Waals surface area contributed by atoms with E-state index in [0.717, 1.165) is 43.4 Å². The number of nitrogens with zero attached hydrogens (tertiary/aromatic N) is 2. The second kappa shape index (κ2) is 6.45. The minimum absolute atomic E-state index is 0.0543. The molecule has 0 aliphatic heterocycles. The Balaban J connectivity index is 1.39. The van der Waals surface area contributed by atoms with Crippen molar-refractivity contribution in [3.05, 3.63) is 66.0 Å². The van der Waals surface area contributed by atoms with Crippen LogP contribution in [0.1, 0.15) is 48.7 Å². The highest BCUT2D eigenvalue weighted by Crippen LogP contribution is 2.63. The molecule has 144 valence electrons. The molecular formula is C23H26N4O. The molecule has 5 nitrogen and oxygen atoms in total. The van der Waals surface area contributed by atoms with Crippen molar-refractivity contribution >= 4 is 16.9 Å². The normalized spacial score (nSPS) is 25.6. The summed E-state index contributed by atoms with van der Waals surface area (Å²) in [5.41, 5.74) is 3.68. The number of fused-ring (bicyclic) bond motifs is 2. The highest BCUT2D eigenvalue weighted by Gasteiger charge is 2.73. The van der Waals surface area contributed by atoms with Crippen LogP contribution in [0.4, 0.5) is 0 Å². The lowest BCUT2D eigenvalue weighted by Crippen LogP contribution is -2.49. The lowest BCUT2D eigenvalue weighted by molar-refractivity contribution is 0.0631. The summed E-state index contributed by atoms with van der Waals surface area (Å²) in [6.07, 6.45) is 6.19. The van der Waals surface area contributed by atoms with Gasteiger partial charge in [0.15, 0.2) is 0 Å². The summed E-state index contributed by atoms with van der Waals surface area (Å²) in [6.45, 7) is 3.66. The second-order valence-corrected chi connectivity index (χ2v) is 8.15. The summed E-state index contributed by atoms with van der Waals surface area (Å²) in [5.74, 6) is 0.0887.